The van der Waals surface area contributed by atoms with Crippen LogP contribution in [0.25, 0.3) is 11.3 Å². The number of nitrogens with one attached hydrogen (secondary N) is 1. The Balaban J connectivity index is 1.39. The highest BCUT2D eigenvalue weighted by molar-refractivity contribution is 5.91. The molecule has 1 aromatic carbocycles. The van der Waals surface area contributed by atoms with E-state index in [2.05, 4.69) is 26.0 Å². The molecule has 1 amide bonds. The fourth-order valence-electron chi connectivity index (χ4n) is 3.73. The monoisotopic (exact) mass is 364 g/mol. The van der Waals surface area contributed by atoms with Crippen molar-refractivity contribution in [3.05, 3.63) is 59.9 Å². The van der Waals surface area contributed by atoms with Gasteiger partial charge in [0.2, 0.25) is 11.8 Å². The van der Waals surface area contributed by atoms with Crippen molar-refractivity contribution >= 4 is 11.8 Å². The summed E-state index contributed by atoms with van der Waals surface area (Å²) in [6.45, 7) is 3.31. The van der Waals surface area contributed by atoms with Crippen molar-refractivity contribution in [2.24, 2.45) is 7.05 Å². The summed E-state index contributed by atoms with van der Waals surface area (Å²) >= 11 is 0. The number of rotatable bonds is 5. The van der Waals surface area contributed by atoms with Gasteiger partial charge >= 0.3 is 0 Å². The van der Waals surface area contributed by atoms with Crippen LogP contribution in [0.3, 0.4) is 0 Å². The van der Waals surface area contributed by atoms with Crippen LogP contribution in [0, 0.1) is 6.92 Å². The molecule has 0 aliphatic carbocycles. The van der Waals surface area contributed by atoms with E-state index in [0.717, 1.165) is 24.9 Å². The molecule has 1 saturated heterocycles. The van der Waals surface area contributed by atoms with E-state index in [1.165, 1.54) is 11.3 Å². The van der Waals surface area contributed by atoms with Gasteiger partial charge in [0.05, 0.1) is 12.6 Å². The summed E-state index contributed by atoms with van der Waals surface area (Å²) in [6.07, 6.45) is 4.22. The molecule has 0 radical (unpaired) electrons. The van der Waals surface area contributed by atoms with Crippen LogP contribution in [-0.4, -0.2) is 33.6 Å². The Labute approximate surface area is 158 Å². The number of benzene rings is 1. The van der Waals surface area contributed by atoms with Gasteiger partial charge in [-0.3, -0.25) is 15.0 Å². The number of hydrogen-bond acceptors (Lipinski definition) is 4. The predicted molar refractivity (Wildman–Crippen MR) is 104 cm³/mol. The van der Waals surface area contributed by atoms with Crippen LogP contribution >= 0.6 is 0 Å². The zero-order valence-corrected chi connectivity index (χ0v) is 15.7. The number of aromatic nitrogens is 2. The third-order valence-corrected chi connectivity index (χ3v) is 5.16. The van der Waals surface area contributed by atoms with Gasteiger partial charge in [-0.2, -0.15) is 0 Å². The molecule has 2 aromatic heterocycles. The SMILES string of the molecule is Cc1ccc(-c2cc(NC(=O)CN3CCCC3c3cccn3C)on2)cc1. The molecule has 6 nitrogen and oxygen atoms in total. The second-order valence-corrected chi connectivity index (χ2v) is 7.16. The van der Waals surface area contributed by atoms with Crippen molar-refractivity contribution in [1.82, 2.24) is 14.6 Å². The van der Waals surface area contributed by atoms with Crippen LogP contribution in [-0.2, 0) is 11.8 Å². The summed E-state index contributed by atoms with van der Waals surface area (Å²) < 4.78 is 7.43. The van der Waals surface area contributed by atoms with Gasteiger partial charge in [0, 0.05) is 30.6 Å². The summed E-state index contributed by atoms with van der Waals surface area (Å²) in [6, 6.07) is 14.3. The number of nitrogens with zero attached hydrogens (tertiary/aromatic N) is 3. The molecule has 1 N–H and O–H groups in total. The lowest BCUT2D eigenvalue weighted by atomic mass is 10.1. The zero-order valence-electron chi connectivity index (χ0n) is 15.7. The van der Waals surface area contributed by atoms with Gasteiger partial charge in [-0.1, -0.05) is 35.0 Å². The number of hydrogen-bond donors (Lipinski definition) is 1. The van der Waals surface area contributed by atoms with E-state index in [-0.39, 0.29) is 11.9 Å². The minimum atomic E-state index is -0.0808. The molecule has 0 spiro atoms. The van der Waals surface area contributed by atoms with Crippen LogP contribution in [0.5, 0.6) is 0 Å². The van der Waals surface area contributed by atoms with Crippen molar-refractivity contribution in [2.75, 3.05) is 18.4 Å². The molecule has 27 heavy (non-hydrogen) atoms. The Bertz CT molecular complexity index is 926. The lowest BCUT2D eigenvalue weighted by Gasteiger charge is -2.24. The van der Waals surface area contributed by atoms with Crippen molar-refractivity contribution in [3.8, 4) is 11.3 Å². The Hall–Kier alpha value is -2.86. The van der Waals surface area contributed by atoms with Gasteiger partial charge in [-0.15, -0.1) is 0 Å². The molecule has 1 aliphatic heterocycles. The summed E-state index contributed by atoms with van der Waals surface area (Å²) in [7, 11) is 2.05. The molecule has 3 aromatic rings. The predicted octanol–water partition coefficient (Wildman–Crippen LogP) is 3.76. The van der Waals surface area contributed by atoms with E-state index in [1.807, 2.05) is 50.5 Å². The summed E-state index contributed by atoms with van der Waals surface area (Å²) in [5, 5.41) is 6.90. The third kappa shape index (κ3) is 3.80. The first-order valence-electron chi connectivity index (χ1n) is 9.29. The number of carbonyl (C=O) groups is 1. The second-order valence-electron chi connectivity index (χ2n) is 7.16. The molecule has 1 atom stereocenters. The number of carbonyl (C=O) groups excluding carboxylic acids is 1. The first-order valence-corrected chi connectivity index (χ1v) is 9.29. The number of amides is 1. The number of likely N-dealkylation sites (tertiary alicyclic amines) is 1. The van der Waals surface area contributed by atoms with E-state index < -0.39 is 0 Å². The lowest BCUT2D eigenvalue weighted by molar-refractivity contribution is -0.117. The molecular formula is C21H24N4O2. The van der Waals surface area contributed by atoms with E-state index in [0.29, 0.717) is 18.1 Å². The Morgan fingerprint density at radius 3 is 2.85 bits per heavy atom. The molecule has 140 valence electrons. The Kier molecular flexibility index (Phi) is 4.81. The number of anilines is 1. The average molecular weight is 364 g/mol. The van der Waals surface area contributed by atoms with Crippen LogP contribution < -0.4 is 5.32 Å². The highest BCUT2D eigenvalue weighted by atomic mass is 16.5. The smallest absolute Gasteiger partial charge is 0.240 e. The van der Waals surface area contributed by atoms with Gasteiger partial charge in [-0.25, -0.2) is 0 Å². The van der Waals surface area contributed by atoms with Crippen molar-refractivity contribution in [3.63, 3.8) is 0 Å². The maximum atomic E-state index is 12.5. The van der Waals surface area contributed by atoms with E-state index in [9.17, 15) is 4.79 Å². The van der Waals surface area contributed by atoms with Gasteiger partial charge < -0.3 is 9.09 Å². The average Bonchev–Trinajstić information content (AvgIpc) is 3.37. The van der Waals surface area contributed by atoms with E-state index >= 15 is 0 Å². The van der Waals surface area contributed by atoms with Gasteiger partial charge in [-0.05, 0) is 38.4 Å². The topological polar surface area (TPSA) is 63.3 Å². The molecule has 0 bridgehead atoms. The molecule has 1 fully saturated rings. The van der Waals surface area contributed by atoms with Gasteiger partial charge in [0.1, 0.15) is 5.69 Å². The molecule has 1 unspecified atom stereocenters. The third-order valence-electron chi connectivity index (χ3n) is 5.16. The maximum absolute atomic E-state index is 12.5. The fourth-order valence-corrected chi connectivity index (χ4v) is 3.73. The summed E-state index contributed by atoms with van der Waals surface area (Å²) in [5.74, 6) is 0.299. The summed E-state index contributed by atoms with van der Waals surface area (Å²) in [5.41, 5.74) is 4.12. The Morgan fingerprint density at radius 2 is 2.11 bits per heavy atom. The highest BCUT2D eigenvalue weighted by Crippen LogP contribution is 2.31. The van der Waals surface area contributed by atoms with Crippen molar-refractivity contribution in [1.29, 1.82) is 0 Å². The standard InChI is InChI=1S/C21H24N4O2/c1-15-7-9-16(10-8-15)17-13-21(27-23-17)22-20(26)14-25-12-4-6-19(25)18-5-3-11-24(18)2/h3,5,7-11,13,19H,4,6,12,14H2,1-2H3,(H,22,26). The molecular weight excluding hydrogens is 340 g/mol. The van der Waals surface area contributed by atoms with Crippen LogP contribution in [0.2, 0.25) is 0 Å². The van der Waals surface area contributed by atoms with Crippen molar-refractivity contribution < 1.29 is 9.32 Å². The van der Waals surface area contributed by atoms with Crippen molar-refractivity contribution in [2.45, 2.75) is 25.8 Å². The fraction of sp³-hybridized carbons (Fsp3) is 0.333. The normalized spacial score (nSPS) is 17.3. The first-order chi connectivity index (χ1) is 13.1. The molecule has 1 aliphatic rings. The molecule has 3 heterocycles. The minimum absolute atomic E-state index is 0.0808. The molecule has 4 rings (SSSR count). The Morgan fingerprint density at radius 1 is 1.30 bits per heavy atom. The summed E-state index contributed by atoms with van der Waals surface area (Å²) in [4.78, 5) is 14.7. The first kappa shape index (κ1) is 17.5. The lowest BCUT2D eigenvalue weighted by Crippen LogP contribution is -2.33. The molecule has 6 heteroatoms. The van der Waals surface area contributed by atoms with Gasteiger partial charge in [0.25, 0.3) is 0 Å². The second kappa shape index (κ2) is 7.40. The quantitative estimate of drug-likeness (QED) is 0.749. The van der Waals surface area contributed by atoms with E-state index in [1.54, 1.807) is 6.07 Å². The van der Waals surface area contributed by atoms with Gasteiger partial charge in [0.15, 0.2) is 0 Å². The highest BCUT2D eigenvalue weighted by Gasteiger charge is 2.29. The minimum Gasteiger partial charge on any atom is -0.353 e. The maximum Gasteiger partial charge on any atom is 0.240 e. The van der Waals surface area contributed by atoms with Crippen LogP contribution in [0.15, 0.2) is 53.2 Å². The number of aryl methyl sites for hydroxylation is 2. The molecule has 0 saturated carbocycles. The van der Waals surface area contributed by atoms with Crippen LogP contribution in [0.4, 0.5) is 5.88 Å². The van der Waals surface area contributed by atoms with Crippen LogP contribution in [0.1, 0.15) is 30.1 Å². The largest absolute Gasteiger partial charge is 0.353 e. The van der Waals surface area contributed by atoms with E-state index in [4.69, 9.17) is 4.52 Å². The zero-order chi connectivity index (χ0) is 18.8.